The summed E-state index contributed by atoms with van der Waals surface area (Å²) in [4.78, 5) is 0. The van der Waals surface area contributed by atoms with Crippen LogP contribution >= 0.6 is 0 Å². The van der Waals surface area contributed by atoms with Gasteiger partial charge in [-0.15, -0.1) is 0 Å². The largest absolute Gasteiger partial charge is 0.377 e. The zero-order chi connectivity index (χ0) is 14.3. The molecule has 2 unspecified atom stereocenters. The smallest absolute Gasteiger partial charge is 0.0767 e. The van der Waals surface area contributed by atoms with Crippen molar-refractivity contribution in [3.8, 4) is 0 Å². The van der Waals surface area contributed by atoms with E-state index in [1.807, 2.05) is 6.92 Å². The topological polar surface area (TPSA) is 35.2 Å². The Morgan fingerprint density at radius 1 is 1.21 bits per heavy atom. The van der Waals surface area contributed by atoms with Gasteiger partial charge in [0.15, 0.2) is 0 Å². The van der Waals surface area contributed by atoms with Gasteiger partial charge in [0.05, 0.1) is 12.1 Å². The van der Waals surface area contributed by atoms with Crippen LogP contribution in [-0.2, 0) is 11.2 Å². The van der Waals surface area contributed by atoms with Crippen molar-refractivity contribution >= 4 is 0 Å². The number of rotatable bonds is 8. The van der Waals surface area contributed by atoms with Gasteiger partial charge >= 0.3 is 0 Å². The molecule has 108 valence electrons. The molecule has 0 bridgehead atoms. The zero-order valence-electron chi connectivity index (χ0n) is 12.9. The van der Waals surface area contributed by atoms with Crippen LogP contribution < -0.4 is 5.73 Å². The SMILES string of the molecule is CCCC(OCC)C(N)c1cccc(CC(C)C)c1. The number of hydrogen-bond acceptors (Lipinski definition) is 2. The first-order chi connectivity index (χ1) is 9.08. The van der Waals surface area contributed by atoms with E-state index in [0.29, 0.717) is 5.92 Å². The van der Waals surface area contributed by atoms with Gasteiger partial charge in [0.25, 0.3) is 0 Å². The van der Waals surface area contributed by atoms with Crippen molar-refractivity contribution in [2.45, 2.75) is 59.1 Å². The molecule has 0 aliphatic heterocycles. The molecule has 1 aromatic carbocycles. The molecule has 0 saturated carbocycles. The van der Waals surface area contributed by atoms with Gasteiger partial charge in [-0.05, 0) is 36.8 Å². The molecule has 0 radical (unpaired) electrons. The molecule has 0 saturated heterocycles. The van der Waals surface area contributed by atoms with E-state index in [2.05, 4.69) is 45.0 Å². The summed E-state index contributed by atoms with van der Waals surface area (Å²) >= 11 is 0. The Balaban J connectivity index is 2.81. The first-order valence-electron chi connectivity index (χ1n) is 7.54. The van der Waals surface area contributed by atoms with Gasteiger partial charge in [-0.1, -0.05) is 51.5 Å². The second-order valence-corrected chi connectivity index (χ2v) is 5.65. The van der Waals surface area contributed by atoms with Gasteiger partial charge in [-0.25, -0.2) is 0 Å². The summed E-state index contributed by atoms with van der Waals surface area (Å²) in [5.41, 5.74) is 8.96. The fraction of sp³-hybridized carbons (Fsp3) is 0.647. The summed E-state index contributed by atoms with van der Waals surface area (Å²) in [7, 11) is 0. The molecule has 0 spiro atoms. The van der Waals surface area contributed by atoms with Crippen LogP contribution in [0, 0.1) is 5.92 Å². The third-order valence-electron chi connectivity index (χ3n) is 3.33. The minimum Gasteiger partial charge on any atom is -0.377 e. The van der Waals surface area contributed by atoms with Crippen molar-refractivity contribution in [3.05, 3.63) is 35.4 Å². The fourth-order valence-corrected chi connectivity index (χ4v) is 2.48. The van der Waals surface area contributed by atoms with E-state index < -0.39 is 0 Å². The Hall–Kier alpha value is -0.860. The van der Waals surface area contributed by atoms with Crippen LogP contribution in [0.15, 0.2) is 24.3 Å². The van der Waals surface area contributed by atoms with E-state index >= 15 is 0 Å². The molecule has 19 heavy (non-hydrogen) atoms. The Morgan fingerprint density at radius 3 is 2.53 bits per heavy atom. The van der Waals surface area contributed by atoms with Crippen LogP contribution in [0.5, 0.6) is 0 Å². The molecule has 2 nitrogen and oxygen atoms in total. The van der Waals surface area contributed by atoms with Crippen molar-refractivity contribution < 1.29 is 4.74 Å². The molecule has 0 aromatic heterocycles. The predicted octanol–water partition coefficient (Wildman–Crippen LogP) is 4.09. The molecule has 0 aliphatic rings. The number of ether oxygens (including phenoxy) is 1. The molecule has 1 rings (SSSR count). The van der Waals surface area contributed by atoms with E-state index in [9.17, 15) is 0 Å². The van der Waals surface area contributed by atoms with E-state index in [0.717, 1.165) is 25.9 Å². The summed E-state index contributed by atoms with van der Waals surface area (Å²) in [6.45, 7) is 9.42. The van der Waals surface area contributed by atoms with Crippen molar-refractivity contribution in [2.75, 3.05) is 6.61 Å². The quantitative estimate of drug-likeness (QED) is 0.766. The van der Waals surface area contributed by atoms with E-state index in [4.69, 9.17) is 10.5 Å². The highest BCUT2D eigenvalue weighted by Crippen LogP contribution is 2.22. The molecule has 0 aliphatic carbocycles. The summed E-state index contributed by atoms with van der Waals surface area (Å²) in [6, 6.07) is 8.64. The third-order valence-corrected chi connectivity index (χ3v) is 3.33. The normalized spacial score (nSPS) is 14.6. The minimum absolute atomic E-state index is 0.0213. The van der Waals surface area contributed by atoms with Crippen LogP contribution in [0.25, 0.3) is 0 Å². The zero-order valence-corrected chi connectivity index (χ0v) is 12.9. The maximum Gasteiger partial charge on any atom is 0.0767 e. The minimum atomic E-state index is -0.0213. The summed E-state index contributed by atoms with van der Waals surface area (Å²) in [6.07, 6.45) is 3.35. The van der Waals surface area contributed by atoms with Crippen molar-refractivity contribution in [3.63, 3.8) is 0 Å². The van der Waals surface area contributed by atoms with Gasteiger partial charge in [0, 0.05) is 6.61 Å². The predicted molar refractivity (Wildman–Crippen MR) is 82.2 cm³/mol. The summed E-state index contributed by atoms with van der Waals surface area (Å²) in [5.74, 6) is 0.671. The molecule has 1 aromatic rings. The number of benzene rings is 1. The standard InChI is InChI=1S/C17H29NO/c1-5-8-16(19-6-2)17(18)15-10-7-9-14(12-15)11-13(3)4/h7,9-10,12-13,16-17H,5-6,8,11,18H2,1-4H3. The van der Waals surface area contributed by atoms with Gasteiger partial charge in [0.1, 0.15) is 0 Å². The number of hydrogen-bond donors (Lipinski definition) is 1. The Bertz CT molecular complexity index is 356. The van der Waals surface area contributed by atoms with Gasteiger partial charge in [-0.3, -0.25) is 0 Å². The average Bonchev–Trinajstić information content (AvgIpc) is 2.37. The average molecular weight is 263 g/mol. The maximum atomic E-state index is 6.39. The van der Waals surface area contributed by atoms with E-state index in [-0.39, 0.29) is 12.1 Å². The molecule has 0 fully saturated rings. The lowest BCUT2D eigenvalue weighted by Gasteiger charge is -2.24. The molecule has 0 heterocycles. The number of nitrogens with two attached hydrogens (primary N) is 1. The second-order valence-electron chi connectivity index (χ2n) is 5.65. The molecule has 2 N–H and O–H groups in total. The first-order valence-corrected chi connectivity index (χ1v) is 7.54. The van der Waals surface area contributed by atoms with Crippen LogP contribution in [0.4, 0.5) is 0 Å². The third kappa shape index (κ3) is 5.33. The van der Waals surface area contributed by atoms with Crippen molar-refractivity contribution in [2.24, 2.45) is 11.7 Å². The molecule has 2 atom stereocenters. The highest BCUT2D eigenvalue weighted by Gasteiger charge is 2.19. The lowest BCUT2D eigenvalue weighted by molar-refractivity contribution is 0.0374. The molecule has 2 heteroatoms. The van der Waals surface area contributed by atoms with E-state index in [1.54, 1.807) is 0 Å². The van der Waals surface area contributed by atoms with Crippen molar-refractivity contribution in [1.29, 1.82) is 0 Å². The molecular formula is C17H29NO. The Labute approximate surface area is 118 Å². The second kappa shape index (κ2) is 8.34. The van der Waals surface area contributed by atoms with Gasteiger partial charge in [0.2, 0.25) is 0 Å². The van der Waals surface area contributed by atoms with E-state index in [1.165, 1.54) is 11.1 Å². The summed E-state index contributed by atoms with van der Waals surface area (Å²) < 4.78 is 5.79. The first kappa shape index (κ1) is 16.2. The monoisotopic (exact) mass is 263 g/mol. The van der Waals surface area contributed by atoms with Crippen LogP contribution in [0.1, 0.15) is 57.7 Å². The highest BCUT2D eigenvalue weighted by molar-refractivity contribution is 5.27. The van der Waals surface area contributed by atoms with Crippen LogP contribution in [0.2, 0.25) is 0 Å². The van der Waals surface area contributed by atoms with Gasteiger partial charge < -0.3 is 10.5 Å². The lowest BCUT2D eigenvalue weighted by Crippen LogP contribution is -2.29. The lowest BCUT2D eigenvalue weighted by atomic mass is 9.95. The van der Waals surface area contributed by atoms with Crippen LogP contribution in [-0.4, -0.2) is 12.7 Å². The van der Waals surface area contributed by atoms with Crippen molar-refractivity contribution in [1.82, 2.24) is 0 Å². The Kier molecular flexibility index (Phi) is 7.11. The van der Waals surface area contributed by atoms with Crippen LogP contribution in [0.3, 0.4) is 0 Å². The highest BCUT2D eigenvalue weighted by atomic mass is 16.5. The Morgan fingerprint density at radius 2 is 1.95 bits per heavy atom. The maximum absolute atomic E-state index is 6.39. The summed E-state index contributed by atoms with van der Waals surface area (Å²) in [5, 5.41) is 0. The molecule has 0 amide bonds. The molecular weight excluding hydrogens is 234 g/mol. The fourth-order valence-electron chi connectivity index (χ4n) is 2.48. The van der Waals surface area contributed by atoms with Gasteiger partial charge in [-0.2, -0.15) is 0 Å².